The maximum atomic E-state index is 4.85. The van der Waals surface area contributed by atoms with E-state index in [4.69, 9.17) is 15.7 Å². The van der Waals surface area contributed by atoms with Crippen molar-refractivity contribution in [3.63, 3.8) is 0 Å². The van der Waals surface area contributed by atoms with Crippen molar-refractivity contribution in [1.82, 2.24) is 14.5 Å². The highest BCUT2D eigenvalue weighted by molar-refractivity contribution is 6.06. The molecular formula is C19H24N4. The lowest BCUT2D eigenvalue weighted by molar-refractivity contribution is 0.992. The number of nitrogens with zero attached hydrogens (tertiary/aromatic N) is 3. The number of benzene rings is 2. The Morgan fingerprint density at radius 3 is 2.09 bits per heavy atom. The van der Waals surface area contributed by atoms with Gasteiger partial charge in [-0.1, -0.05) is 51.1 Å². The number of rotatable bonds is 0. The Hall–Kier alpha value is -2.46. The molecule has 0 aliphatic heterocycles. The van der Waals surface area contributed by atoms with E-state index in [2.05, 4.69) is 16.7 Å². The average Bonchev–Trinajstić information content (AvgIpc) is 2.88. The van der Waals surface area contributed by atoms with Crippen LogP contribution in [-0.4, -0.2) is 21.1 Å². The summed E-state index contributed by atoms with van der Waals surface area (Å²) in [6.07, 6.45) is 0. The van der Waals surface area contributed by atoms with Crippen LogP contribution < -0.4 is 5.73 Å². The van der Waals surface area contributed by atoms with Gasteiger partial charge in [-0.3, -0.25) is 0 Å². The van der Waals surface area contributed by atoms with Crippen LogP contribution in [0.1, 0.15) is 20.8 Å². The molecule has 4 nitrogen and oxygen atoms in total. The molecule has 0 atom stereocenters. The van der Waals surface area contributed by atoms with E-state index in [1.54, 1.807) is 0 Å². The Morgan fingerprint density at radius 2 is 1.43 bits per heavy atom. The highest BCUT2D eigenvalue weighted by Crippen LogP contribution is 2.26. The van der Waals surface area contributed by atoms with Gasteiger partial charge in [-0.2, -0.15) is 0 Å². The average molecular weight is 308 g/mol. The van der Waals surface area contributed by atoms with Crippen molar-refractivity contribution in [2.45, 2.75) is 20.8 Å². The molecular weight excluding hydrogens is 284 g/mol. The van der Waals surface area contributed by atoms with Crippen LogP contribution in [0.5, 0.6) is 0 Å². The van der Waals surface area contributed by atoms with E-state index in [-0.39, 0.29) is 0 Å². The minimum Gasteiger partial charge on any atom is -0.331 e. The molecule has 4 heteroatoms. The maximum Gasteiger partial charge on any atom is 0.160 e. The summed E-state index contributed by atoms with van der Waals surface area (Å²) in [5, 5.41) is 1.16. The third-order valence-electron chi connectivity index (χ3n) is 3.39. The first-order chi connectivity index (χ1) is 11.3. The van der Waals surface area contributed by atoms with E-state index in [0.29, 0.717) is 0 Å². The van der Waals surface area contributed by atoms with Crippen LogP contribution in [0, 0.1) is 0 Å². The second-order valence-corrected chi connectivity index (χ2v) is 4.87. The Balaban J connectivity index is 0.000000348. The maximum absolute atomic E-state index is 4.85. The second kappa shape index (κ2) is 7.70. The number of hydrogen-bond donors (Lipinski definition) is 1. The van der Waals surface area contributed by atoms with E-state index in [1.807, 2.05) is 64.2 Å². The van der Waals surface area contributed by atoms with E-state index in [9.17, 15) is 0 Å². The van der Waals surface area contributed by atoms with Crippen LogP contribution in [0.3, 0.4) is 0 Å². The Morgan fingerprint density at radius 1 is 0.913 bits per heavy atom. The van der Waals surface area contributed by atoms with Crippen LogP contribution in [0.4, 0.5) is 0 Å². The molecule has 0 bridgehead atoms. The molecule has 0 radical (unpaired) electrons. The minimum absolute atomic E-state index is 0.750. The summed E-state index contributed by atoms with van der Waals surface area (Å²) in [5.41, 5.74) is 9.82. The van der Waals surface area contributed by atoms with Gasteiger partial charge in [-0.05, 0) is 24.7 Å². The van der Waals surface area contributed by atoms with Crippen LogP contribution in [0.15, 0.2) is 48.5 Å². The van der Waals surface area contributed by atoms with Crippen molar-refractivity contribution in [2.75, 3.05) is 6.54 Å². The van der Waals surface area contributed by atoms with Gasteiger partial charge >= 0.3 is 0 Å². The molecule has 0 aliphatic carbocycles. The zero-order chi connectivity index (χ0) is 16.8. The first kappa shape index (κ1) is 16.9. The molecule has 0 amide bonds. The Labute approximate surface area is 137 Å². The van der Waals surface area contributed by atoms with Crippen molar-refractivity contribution in [1.29, 1.82) is 0 Å². The number of hydrogen-bond acceptors (Lipinski definition) is 3. The van der Waals surface area contributed by atoms with E-state index >= 15 is 0 Å². The highest BCUT2D eigenvalue weighted by atomic mass is 15.0. The quantitative estimate of drug-likeness (QED) is 0.528. The largest absolute Gasteiger partial charge is 0.331 e. The summed E-state index contributed by atoms with van der Waals surface area (Å²) in [7, 11) is 2.04. The first-order valence-corrected chi connectivity index (χ1v) is 8.06. The summed E-state index contributed by atoms with van der Waals surface area (Å²) in [6, 6.07) is 16.3. The summed E-state index contributed by atoms with van der Waals surface area (Å²) in [6.45, 7) is 6.65. The third-order valence-corrected chi connectivity index (χ3v) is 3.39. The van der Waals surface area contributed by atoms with Crippen LogP contribution in [0.2, 0.25) is 0 Å². The number of aryl methyl sites for hydroxylation is 1. The monoisotopic (exact) mass is 308 g/mol. The summed E-state index contributed by atoms with van der Waals surface area (Å²) < 4.78 is 2.10. The molecule has 23 heavy (non-hydrogen) atoms. The van der Waals surface area contributed by atoms with E-state index in [1.165, 1.54) is 5.52 Å². The van der Waals surface area contributed by atoms with E-state index in [0.717, 1.165) is 34.1 Å². The van der Waals surface area contributed by atoms with E-state index < -0.39 is 0 Å². The van der Waals surface area contributed by atoms with Crippen molar-refractivity contribution in [3.8, 4) is 0 Å². The molecule has 0 unspecified atom stereocenters. The summed E-state index contributed by atoms with van der Waals surface area (Å²) in [5.74, 6) is 0. The zero-order valence-electron chi connectivity index (χ0n) is 14.2. The molecule has 4 rings (SSSR count). The summed E-state index contributed by atoms with van der Waals surface area (Å²) in [4.78, 5) is 9.46. The number of fused-ring (bicyclic) bond motifs is 4. The lowest BCUT2D eigenvalue weighted by Crippen LogP contribution is -1.91. The van der Waals surface area contributed by atoms with Gasteiger partial charge in [0.15, 0.2) is 5.65 Å². The first-order valence-electron chi connectivity index (χ1n) is 8.06. The van der Waals surface area contributed by atoms with Crippen LogP contribution in [0.25, 0.3) is 33.1 Å². The van der Waals surface area contributed by atoms with Crippen LogP contribution >= 0.6 is 0 Å². The highest BCUT2D eigenvalue weighted by Gasteiger charge is 2.10. The summed E-state index contributed by atoms with van der Waals surface area (Å²) >= 11 is 0. The van der Waals surface area contributed by atoms with Gasteiger partial charge in [0, 0.05) is 12.4 Å². The fourth-order valence-electron chi connectivity index (χ4n) is 2.49. The van der Waals surface area contributed by atoms with Gasteiger partial charge in [0.05, 0.1) is 16.6 Å². The number of aromatic nitrogens is 3. The molecule has 0 fully saturated rings. The molecule has 4 aromatic rings. The van der Waals surface area contributed by atoms with Gasteiger partial charge in [0.25, 0.3) is 0 Å². The third kappa shape index (κ3) is 3.17. The van der Waals surface area contributed by atoms with Crippen molar-refractivity contribution >= 4 is 33.1 Å². The number of nitrogens with two attached hydrogens (primary N) is 1. The van der Waals surface area contributed by atoms with Gasteiger partial charge in [0.2, 0.25) is 0 Å². The van der Waals surface area contributed by atoms with Crippen LogP contribution in [-0.2, 0) is 7.05 Å². The van der Waals surface area contributed by atoms with Crippen molar-refractivity contribution in [3.05, 3.63) is 48.5 Å². The second-order valence-electron chi connectivity index (χ2n) is 4.87. The Kier molecular flexibility index (Phi) is 5.66. The zero-order valence-corrected chi connectivity index (χ0v) is 14.2. The molecule has 2 heterocycles. The predicted octanol–water partition coefficient (Wildman–Crippen LogP) is 4.27. The molecule has 2 aromatic heterocycles. The smallest absolute Gasteiger partial charge is 0.160 e. The van der Waals surface area contributed by atoms with Gasteiger partial charge in [-0.25, -0.2) is 9.97 Å². The lowest BCUT2D eigenvalue weighted by Gasteiger charge is -1.98. The van der Waals surface area contributed by atoms with Gasteiger partial charge < -0.3 is 10.3 Å². The topological polar surface area (TPSA) is 56.7 Å². The molecule has 0 aliphatic rings. The molecule has 2 aromatic carbocycles. The lowest BCUT2D eigenvalue weighted by atomic mass is 10.2. The molecule has 2 N–H and O–H groups in total. The molecule has 0 saturated heterocycles. The SMILES string of the molecule is CC.CCN.Cn1c2ccccc2c2nc3ccccc3nc21. The predicted molar refractivity (Wildman–Crippen MR) is 99.6 cm³/mol. The van der Waals surface area contributed by atoms with Crippen molar-refractivity contribution < 1.29 is 0 Å². The van der Waals surface area contributed by atoms with Gasteiger partial charge in [-0.15, -0.1) is 0 Å². The molecule has 0 saturated carbocycles. The Bertz CT molecular complexity index is 909. The normalized spacial score (nSPS) is 10.1. The van der Waals surface area contributed by atoms with Gasteiger partial charge in [0.1, 0.15) is 5.52 Å². The van der Waals surface area contributed by atoms with Crippen molar-refractivity contribution in [2.24, 2.45) is 12.8 Å². The fraction of sp³-hybridized carbons (Fsp3) is 0.263. The standard InChI is InChI=1S/C15H11N3.C2H7N.C2H6/c1-18-13-9-5-2-6-10(13)14-15(18)17-12-8-4-3-7-11(12)16-14;1-2-3;1-2/h2-9H,1H3;2-3H2,1H3;1-2H3. The molecule has 0 spiro atoms. The number of para-hydroxylation sites is 3. The fourth-order valence-corrected chi connectivity index (χ4v) is 2.49. The minimum atomic E-state index is 0.750. The molecule has 120 valence electrons.